The van der Waals surface area contributed by atoms with Gasteiger partial charge in [0.25, 0.3) is 0 Å². The highest BCUT2D eigenvalue weighted by atomic mass is 32.2. The third kappa shape index (κ3) is 3.51. The van der Waals surface area contributed by atoms with Gasteiger partial charge in [-0.3, -0.25) is 4.79 Å². The first-order chi connectivity index (χ1) is 9.06. The van der Waals surface area contributed by atoms with Crippen LogP contribution in [0.4, 0.5) is 5.69 Å². The van der Waals surface area contributed by atoms with E-state index in [2.05, 4.69) is 0 Å². The van der Waals surface area contributed by atoms with Crippen LogP contribution < -0.4 is 5.73 Å². The van der Waals surface area contributed by atoms with Crippen molar-refractivity contribution in [2.75, 3.05) is 5.73 Å². The lowest BCUT2D eigenvalue weighted by atomic mass is 10.1. The van der Waals surface area contributed by atoms with Gasteiger partial charge in [0.1, 0.15) is 0 Å². The van der Waals surface area contributed by atoms with Crippen LogP contribution in [0.1, 0.15) is 11.1 Å². The zero-order valence-electron chi connectivity index (χ0n) is 10.6. The van der Waals surface area contributed by atoms with Gasteiger partial charge >= 0.3 is 5.97 Å². The van der Waals surface area contributed by atoms with Crippen molar-refractivity contribution in [3.63, 3.8) is 0 Å². The van der Waals surface area contributed by atoms with Gasteiger partial charge < -0.3 is 10.8 Å². The third-order valence-electron chi connectivity index (χ3n) is 2.71. The Morgan fingerprint density at radius 2 is 2.00 bits per heavy atom. The smallest absolute Gasteiger partial charge is 0.307 e. The average Bonchev–Trinajstić information content (AvgIpc) is 2.33. The van der Waals surface area contributed by atoms with Crippen molar-refractivity contribution in [3.05, 3.63) is 53.6 Å². The number of rotatable bonds is 4. The van der Waals surface area contributed by atoms with Gasteiger partial charge in [0.05, 0.1) is 6.42 Å². The minimum absolute atomic E-state index is 0.0341. The lowest BCUT2D eigenvalue weighted by molar-refractivity contribution is -0.136. The molecule has 0 aliphatic carbocycles. The number of hydrogen-bond donors (Lipinski definition) is 2. The Hall–Kier alpha value is -1.94. The summed E-state index contributed by atoms with van der Waals surface area (Å²) in [6.45, 7) is 1.99. The van der Waals surface area contributed by atoms with E-state index in [9.17, 15) is 4.79 Å². The molecule has 0 amide bonds. The molecule has 0 saturated heterocycles. The van der Waals surface area contributed by atoms with Crippen molar-refractivity contribution >= 4 is 23.4 Å². The molecule has 0 saturated carbocycles. The van der Waals surface area contributed by atoms with Crippen molar-refractivity contribution in [1.29, 1.82) is 0 Å². The molecule has 3 N–H and O–H groups in total. The molecular formula is C15H15NO2S. The molecule has 2 aromatic rings. The van der Waals surface area contributed by atoms with Crippen LogP contribution in [-0.2, 0) is 11.2 Å². The molecular weight excluding hydrogens is 258 g/mol. The SMILES string of the molecule is Cc1cccc(CC(=O)O)c1Sc1cccc(N)c1. The van der Waals surface area contributed by atoms with E-state index in [-0.39, 0.29) is 6.42 Å². The van der Waals surface area contributed by atoms with E-state index in [0.717, 1.165) is 20.9 Å². The van der Waals surface area contributed by atoms with E-state index >= 15 is 0 Å². The summed E-state index contributed by atoms with van der Waals surface area (Å²) >= 11 is 1.55. The molecule has 0 bridgehead atoms. The Labute approximate surface area is 116 Å². The molecule has 0 atom stereocenters. The van der Waals surface area contributed by atoms with Crippen LogP contribution in [0.2, 0.25) is 0 Å². The predicted octanol–water partition coefficient (Wildman–Crippen LogP) is 3.36. The third-order valence-corrected chi connectivity index (χ3v) is 3.99. The van der Waals surface area contributed by atoms with Gasteiger partial charge in [0.15, 0.2) is 0 Å². The topological polar surface area (TPSA) is 63.3 Å². The van der Waals surface area contributed by atoms with Gasteiger partial charge in [-0.25, -0.2) is 0 Å². The Balaban J connectivity index is 2.35. The summed E-state index contributed by atoms with van der Waals surface area (Å²) in [4.78, 5) is 12.9. The second kappa shape index (κ2) is 5.80. The Morgan fingerprint density at radius 3 is 2.68 bits per heavy atom. The minimum atomic E-state index is -0.819. The van der Waals surface area contributed by atoms with Crippen molar-refractivity contribution in [2.24, 2.45) is 0 Å². The highest BCUT2D eigenvalue weighted by Gasteiger charge is 2.10. The number of hydrogen-bond acceptors (Lipinski definition) is 3. The van der Waals surface area contributed by atoms with E-state index in [1.807, 2.05) is 49.4 Å². The Morgan fingerprint density at radius 1 is 1.26 bits per heavy atom. The number of carboxylic acids is 1. The molecule has 0 spiro atoms. The van der Waals surface area contributed by atoms with Crippen molar-refractivity contribution in [3.8, 4) is 0 Å². The quantitative estimate of drug-likeness (QED) is 0.838. The second-order valence-corrected chi connectivity index (χ2v) is 5.39. The lowest BCUT2D eigenvalue weighted by Gasteiger charge is -2.11. The Kier molecular flexibility index (Phi) is 4.12. The zero-order chi connectivity index (χ0) is 13.8. The normalized spacial score (nSPS) is 10.4. The van der Waals surface area contributed by atoms with E-state index in [1.54, 1.807) is 11.8 Å². The maximum absolute atomic E-state index is 10.9. The second-order valence-electron chi connectivity index (χ2n) is 4.31. The summed E-state index contributed by atoms with van der Waals surface area (Å²) in [6, 6.07) is 13.3. The lowest BCUT2D eigenvalue weighted by Crippen LogP contribution is -2.02. The molecule has 0 radical (unpaired) electrons. The van der Waals surface area contributed by atoms with E-state index in [1.165, 1.54) is 0 Å². The van der Waals surface area contributed by atoms with Crippen LogP contribution >= 0.6 is 11.8 Å². The maximum atomic E-state index is 10.9. The predicted molar refractivity (Wildman–Crippen MR) is 77.5 cm³/mol. The maximum Gasteiger partial charge on any atom is 0.307 e. The molecule has 2 aromatic carbocycles. The van der Waals surface area contributed by atoms with E-state index < -0.39 is 5.97 Å². The number of aliphatic carboxylic acids is 1. The van der Waals surface area contributed by atoms with E-state index in [4.69, 9.17) is 10.8 Å². The van der Waals surface area contributed by atoms with Crippen LogP contribution in [0.5, 0.6) is 0 Å². The van der Waals surface area contributed by atoms with Crippen molar-refractivity contribution < 1.29 is 9.90 Å². The molecule has 3 nitrogen and oxygen atoms in total. The average molecular weight is 273 g/mol. The molecule has 19 heavy (non-hydrogen) atoms. The first-order valence-corrected chi connectivity index (χ1v) is 6.71. The Bertz CT molecular complexity index is 611. The number of nitrogen functional groups attached to an aromatic ring is 1. The summed E-state index contributed by atoms with van der Waals surface area (Å²) in [7, 11) is 0. The molecule has 0 fully saturated rings. The van der Waals surface area contributed by atoms with Gasteiger partial charge in [-0.1, -0.05) is 36.0 Å². The fourth-order valence-corrected chi connectivity index (χ4v) is 2.93. The van der Waals surface area contributed by atoms with Crippen LogP contribution in [0.15, 0.2) is 52.3 Å². The molecule has 0 heterocycles. The summed E-state index contributed by atoms with van der Waals surface area (Å²) in [5, 5.41) is 8.96. The number of benzene rings is 2. The highest BCUT2D eigenvalue weighted by Crippen LogP contribution is 2.34. The molecule has 0 aliphatic heterocycles. The first kappa shape index (κ1) is 13.5. The minimum Gasteiger partial charge on any atom is -0.481 e. The largest absolute Gasteiger partial charge is 0.481 e. The number of carbonyl (C=O) groups is 1. The molecule has 98 valence electrons. The number of aryl methyl sites for hydroxylation is 1. The van der Waals surface area contributed by atoms with Crippen LogP contribution in [0, 0.1) is 6.92 Å². The molecule has 0 unspecified atom stereocenters. The van der Waals surface area contributed by atoms with Gasteiger partial charge in [-0.05, 0) is 36.2 Å². The number of nitrogens with two attached hydrogens (primary N) is 1. The van der Waals surface area contributed by atoms with E-state index in [0.29, 0.717) is 5.69 Å². The summed E-state index contributed by atoms with van der Waals surface area (Å²) in [6.07, 6.45) is 0.0341. The molecule has 0 aromatic heterocycles. The monoisotopic (exact) mass is 273 g/mol. The van der Waals surface area contributed by atoms with Crippen molar-refractivity contribution in [2.45, 2.75) is 23.1 Å². The van der Waals surface area contributed by atoms with Crippen LogP contribution in [0.25, 0.3) is 0 Å². The van der Waals surface area contributed by atoms with Crippen molar-refractivity contribution in [1.82, 2.24) is 0 Å². The number of carboxylic acid groups (broad SMARTS) is 1. The van der Waals surface area contributed by atoms with Gasteiger partial charge in [-0.2, -0.15) is 0 Å². The fraction of sp³-hybridized carbons (Fsp3) is 0.133. The highest BCUT2D eigenvalue weighted by molar-refractivity contribution is 7.99. The molecule has 0 aliphatic rings. The first-order valence-electron chi connectivity index (χ1n) is 5.90. The molecule has 4 heteroatoms. The van der Waals surface area contributed by atoms with Crippen LogP contribution in [-0.4, -0.2) is 11.1 Å². The van der Waals surface area contributed by atoms with Gasteiger partial charge in [0, 0.05) is 15.5 Å². The standard InChI is InChI=1S/C15H15NO2S/c1-10-4-2-5-11(8-14(17)18)15(10)19-13-7-3-6-12(16)9-13/h2-7,9H,8,16H2,1H3,(H,17,18). The summed E-state index contributed by atoms with van der Waals surface area (Å²) in [5.41, 5.74) is 8.38. The summed E-state index contributed by atoms with van der Waals surface area (Å²) in [5.74, 6) is -0.819. The molecule has 2 rings (SSSR count). The number of anilines is 1. The van der Waals surface area contributed by atoms with Gasteiger partial charge in [0.2, 0.25) is 0 Å². The zero-order valence-corrected chi connectivity index (χ0v) is 11.4. The summed E-state index contributed by atoms with van der Waals surface area (Å²) < 4.78 is 0. The fourth-order valence-electron chi connectivity index (χ4n) is 1.86. The van der Waals surface area contributed by atoms with Crippen LogP contribution in [0.3, 0.4) is 0 Å². The van der Waals surface area contributed by atoms with Gasteiger partial charge in [-0.15, -0.1) is 0 Å².